The number of carbonyl (C=O) groups excluding carboxylic acids is 2. The van der Waals surface area contributed by atoms with Crippen molar-refractivity contribution in [2.75, 3.05) is 4.90 Å². The first-order chi connectivity index (χ1) is 19.9. The number of anilines is 1. The van der Waals surface area contributed by atoms with Crippen LogP contribution in [0.5, 0.6) is 0 Å². The fourth-order valence-corrected chi connectivity index (χ4v) is 6.30. The minimum atomic E-state index is -0.336. The van der Waals surface area contributed by atoms with Gasteiger partial charge in [0, 0.05) is 28.7 Å². The first-order valence-corrected chi connectivity index (χ1v) is 13.4. The molecule has 4 aromatic carbocycles. The highest BCUT2D eigenvalue weighted by Crippen LogP contribution is 2.40. The van der Waals surface area contributed by atoms with Crippen LogP contribution < -0.4 is 4.90 Å². The Kier molecular flexibility index (Phi) is 5.38. The number of carbonyl (C=O) groups is 2. The maximum atomic E-state index is 14.2. The fraction of sp³-hybridized carbons (Fsp3) is 0.0857. The van der Waals surface area contributed by atoms with E-state index in [-0.39, 0.29) is 11.8 Å². The van der Waals surface area contributed by atoms with Crippen molar-refractivity contribution in [1.29, 1.82) is 5.26 Å². The number of imide groups is 1. The van der Waals surface area contributed by atoms with Crippen molar-refractivity contribution in [3.63, 3.8) is 0 Å². The van der Waals surface area contributed by atoms with Crippen molar-refractivity contribution >= 4 is 39.3 Å². The third-order valence-electron chi connectivity index (χ3n) is 7.92. The van der Waals surface area contributed by atoms with E-state index < -0.39 is 0 Å². The highest BCUT2D eigenvalue weighted by Gasteiger charge is 2.40. The molecule has 0 radical (unpaired) electrons. The normalized spacial score (nSPS) is 12.8. The van der Waals surface area contributed by atoms with Gasteiger partial charge in [-0.1, -0.05) is 54.1 Å². The predicted molar refractivity (Wildman–Crippen MR) is 161 cm³/mol. The first kappa shape index (κ1) is 24.5. The average Bonchev–Trinajstić information content (AvgIpc) is 3.43. The van der Waals surface area contributed by atoms with Gasteiger partial charge >= 0.3 is 0 Å². The molecular weight excluding hydrogens is 508 g/mol. The van der Waals surface area contributed by atoms with E-state index in [1.54, 1.807) is 24.5 Å². The van der Waals surface area contributed by atoms with Crippen LogP contribution in [0.15, 0.2) is 91.3 Å². The van der Waals surface area contributed by atoms with Crippen molar-refractivity contribution in [3.05, 3.63) is 125 Å². The molecule has 41 heavy (non-hydrogen) atoms. The number of hydrogen-bond acceptors (Lipinski definition) is 4. The monoisotopic (exact) mass is 532 g/mol. The number of para-hydroxylation sites is 1. The average molecular weight is 533 g/mol. The van der Waals surface area contributed by atoms with Gasteiger partial charge in [-0.05, 0) is 67.8 Å². The van der Waals surface area contributed by atoms with E-state index in [4.69, 9.17) is 0 Å². The van der Waals surface area contributed by atoms with E-state index in [0.717, 1.165) is 49.6 Å². The maximum absolute atomic E-state index is 14.2. The Morgan fingerprint density at radius 2 is 1.51 bits per heavy atom. The molecule has 0 aliphatic carbocycles. The molecule has 0 spiro atoms. The summed E-state index contributed by atoms with van der Waals surface area (Å²) in [5, 5.41) is 11.7. The molecule has 6 heteroatoms. The smallest absolute Gasteiger partial charge is 0.268 e. The summed E-state index contributed by atoms with van der Waals surface area (Å²) in [6.45, 7) is 5.87. The number of nitrogens with zero attached hydrogens (tertiary/aromatic N) is 4. The second-order valence-corrected chi connectivity index (χ2v) is 10.5. The van der Waals surface area contributed by atoms with Gasteiger partial charge in [-0.15, -0.1) is 0 Å². The molecule has 0 saturated heterocycles. The first-order valence-electron chi connectivity index (χ1n) is 13.4. The molecule has 0 atom stereocenters. The standard InChI is InChI=1S/C35H24N4O2/c1-20-15-21(2)33(22(3)16-20)39-34(40)27-8-6-10-30(32(27)35(39)41)38-29-9-5-4-7-25(29)26-12-11-23(17-31(26)38)28-19-37-14-13-24(28)18-36/h4-17,19H,1-3H3. The van der Waals surface area contributed by atoms with Crippen molar-refractivity contribution in [2.24, 2.45) is 0 Å². The molecule has 0 N–H and O–H groups in total. The molecule has 0 saturated carbocycles. The number of amides is 2. The topological polar surface area (TPSA) is 79.0 Å². The minimum absolute atomic E-state index is 0.322. The number of benzene rings is 4. The highest BCUT2D eigenvalue weighted by atomic mass is 16.2. The van der Waals surface area contributed by atoms with E-state index >= 15 is 0 Å². The quantitative estimate of drug-likeness (QED) is 0.222. The van der Waals surface area contributed by atoms with Crippen LogP contribution in [0.25, 0.3) is 38.6 Å². The van der Waals surface area contributed by atoms with Crippen molar-refractivity contribution < 1.29 is 9.59 Å². The van der Waals surface area contributed by atoms with Crippen LogP contribution in [-0.2, 0) is 0 Å². The zero-order chi connectivity index (χ0) is 28.4. The Morgan fingerprint density at radius 1 is 0.756 bits per heavy atom. The second-order valence-electron chi connectivity index (χ2n) is 10.5. The Bertz CT molecular complexity index is 2130. The van der Waals surface area contributed by atoms with E-state index in [1.165, 1.54) is 4.90 Å². The summed E-state index contributed by atoms with van der Waals surface area (Å²) in [7, 11) is 0. The van der Waals surface area contributed by atoms with Gasteiger partial charge in [0.15, 0.2) is 0 Å². The predicted octanol–water partition coefficient (Wildman–Crippen LogP) is 7.44. The Hall–Kier alpha value is -5.54. The van der Waals surface area contributed by atoms with Gasteiger partial charge in [-0.3, -0.25) is 14.6 Å². The zero-order valence-electron chi connectivity index (χ0n) is 22.8. The van der Waals surface area contributed by atoms with Crippen molar-refractivity contribution in [2.45, 2.75) is 20.8 Å². The molecular formula is C35H24N4O2. The van der Waals surface area contributed by atoms with Crippen molar-refractivity contribution in [3.8, 4) is 22.9 Å². The lowest BCUT2D eigenvalue weighted by atomic mass is 10.0. The number of aromatic nitrogens is 2. The van der Waals surface area contributed by atoms with E-state index in [2.05, 4.69) is 21.7 Å². The van der Waals surface area contributed by atoms with Gasteiger partial charge < -0.3 is 4.57 Å². The van der Waals surface area contributed by atoms with Crippen LogP contribution in [0.2, 0.25) is 0 Å². The molecule has 0 bridgehead atoms. The van der Waals surface area contributed by atoms with Crippen LogP contribution in [0.3, 0.4) is 0 Å². The lowest BCUT2D eigenvalue weighted by molar-refractivity contribution is 0.0925. The van der Waals surface area contributed by atoms with Gasteiger partial charge in [0.05, 0.1) is 45.2 Å². The third kappa shape index (κ3) is 3.53. The molecule has 2 aromatic heterocycles. The molecule has 196 valence electrons. The molecule has 1 aliphatic rings. The molecule has 1 aliphatic heterocycles. The van der Waals surface area contributed by atoms with Crippen LogP contribution in [0.4, 0.5) is 5.69 Å². The van der Waals surface area contributed by atoms with Crippen LogP contribution in [0, 0.1) is 32.1 Å². The Morgan fingerprint density at radius 3 is 2.29 bits per heavy atom. The minimum Gasteiger partial charge on any atom is -0.308 e. The lowest BCUT2D eigenvalue weighted by Gasteiger charge is -2.20. The Labute approximate surface area is 236 Å². The summed E-state index contributed by atoms with van der Waals surface area (Å²) in [5.74, 6) is -0.658. The van der Waals surface area contributed by atoms with Crippen LogP contribution >= 0.6 is 0 Å². The summed E-state index contributed by atoms with van der Waals surface area (Å²) in [5.41, 5.74) is 8.76. The van der Waals surface area contributed by atoms with Gasteiger partial charge in [-0.2, -0.15) is 5.26 Å². The SMILES string of the molecule is Cc1cc(C)c(N2C(=O)c3cccc(-n4c5ccccc5c5ccc(-c6cnccc6C#N)cc54)c3C2=O)c(C)c1. The van der Waals surface area contributed by atoms with E-state index in [9.17, 15) is 14.9 Å². The van der Waals surface area contributed by atoms with Crippen LogP contribution in [-0.4, -0.2) is 21.4 Å². The van der Waals surface area contributed by atoms with Crippen LogP contribution in [0.1, 0.15) is 43.0 Å². The number of pyridine rings is 1. The molecule has 6 nitrogen and oxygen atoms in total. The molecule has 0 unspecified atom stereocenters. The number of hydrogen-bond donors (Lipinski definition) is 0. The third-order valence-corrected chi connectivity index (χ3v) is 7.92. The molecule has 0 fully saturated rings. The molecule has 6 aromatic rings. The van der Waals surface area contributed by atoms with E-state index in [0.29, 0.717) is 28.1 Å². The van der Waals surface area contributed by atoms with Gasteiger partial charge in [0.25, 0.3) is 11.8 Å². The summed E-state index contributed by atoms with van der Waals surface area (Å²) in [6, 6.07) is 27.5. The summed E-state index contributed by atoms with van der Waals surface area (Å²) in [6.07, 6.45) is 3.30. The summed E-state index contributed by atoms with van der Waals surface area (Å²) >= 11 is 0. The maximum Gasteiger partial charge on any atom is 0.268 e. The Balaban J connectivity index is 1.50. The van der Waals surface area contributed by atoms with Gasteiger partial charge in [0.2, 0.25) is 0 Å². The summed E-state index contributed by atoms with van der Waals surface area (Å²) in [4.78, 5) is 33.6. The van der Waals surface area contributed by atoms with E-state index in [1.807, 2.05) is 81.4 Å². The molecule has 3 heterocycles. The second kappa shape index (κ2) is 9.00. The molecule has 7 rings (SSSR count). The lowest BCUT2D eigenvalue weighted by Crippen LogP contribution is -2.31. The summed E-state index contributed by atoms with van der Waals surface area (Å²) < 4.78 is 2.05. The fourth-order valence-electron chi connectivity index (χ4n) is 6.30. The number of fused-ring (bicyclic) bond motifs is 4. The number of aryl methyl sites for hydroxylation is 3. The molecule has 2 amide bonds. The zero-order valence-corrected chi connectivity index (χ0v) is 22.8. The van der Waals surface area contributed by atoms with Gasteiger partial charge in [-0.25, -0.2) is 4.90 Å². The van der Waals surface area contributed by atoms with Gasteiger partial charge in [0.1, 0.15) is 0 Å². The highest BCUT2D eigenvalue weighted by molar-refractivity contribution is 6.36. The number of rotatable bonds is 3. The largest absolute Gasteiger partial charge is 0.308 e. The van der Waals surface area contributed by atoms with Crippen molar-refractivity contribution in [1.82, 2.24) is 9.55 Å². The number of nitriles is 1.